The van der Waals surface area contributed by atoms with E-state index < -0.39 is 0 Å². The quantitative estimate of drug-likeness (QED) is 0.826. The van der Waals surface area contributed by atoms with E-state index in [1.165, 1.54) is 10.6 Å². The number of halogens is 1. The molecule has 0 saturated carbocycles. The largest absolute Gasteiger partial charge is 0.361 e. The van der Waals surface area contributed by atoms with E-state index in [2.05, 4.69) is 23.4 Å². The summed E-state index contributed by atoms with van der Waals surface area (Å²) in [5.41, 5.74) is 4.12. The Balaban J connectivity index is 1.83. The molecule has 2 aromatic rings. The molecular formula is C19H18ClN3O. The van der Waals surface area contributed by atoms with Crippen LogP contribution < -0.4 is 10.3 Å². The van der Waals surface area contributed by atoms with Crippen LogP contribution in [0.5, 0.6) is 0 Å². The zero-order valence-corrected chi connectivity index (χ0v) is 14.3. The summed E-state index contributed by atoms with van der Waals surface area (Å²) in [5.74, 6) is -0.156. The van der Waals surface area contributed by atoms with E-state index in [1.54, 1.807) is 30.5 Å². The number of nitrogens with one attached hydrogen (secondary N) is 1. The molecule has 3 rings (SSSR count). The normalized spacial score (nSPS) is 15.8. The molecule has 0 spiro atoms. The van der Waals surface area contributed by atoms with Crippen molar-refractivity contribution in [3.05, 3.63) is 70.9 Å². The maximum atomic E-state index is 12.6. The van der Waals surface area contributed by atoms with Gasteiger partial charge in [-0.1, -0.05) is 36.7 Å². The van der Waals surface area contributed by atoms with Gasteiger partial charge >= 0.3 is 0 Å². The lowest BCUT2D eigenvalue weighted by Gasteiger charge is -2.12. The maximum absolute atomic E-state index is 12.6. The third kappa shape index (κ3) is 3.19. The van der Waals surface area contributed by atoms with Gasteiger partial charge in [0.2, 0.25) is 0 Å². The molecule has 1 N–H and O–H groups in total. The van der Waals surface area contributed by atoms with E-state index in [1.807, 2.05) is 25.1 Å². The van der Waals surface area contributed by atoms with Gasteiger partial charge in [-0.2, -0.15) is 10.1 Å². The Kier molecular flexibility index (Phi) is 4.67. The molecule has 0 aromatic heterocycles. The van der Waals surface area contributed by atoms with Crippen molar-refractivity contribution < 1.29 is 4.79 Å². The number of hydrogen-bond acceptors (Lipinski definition) is 3. The van der Waals surface area contributed by atoms with E-state index in [0.717, 1.165) is 12.1 Å². The van der Waals surface area contributed by atoms with E-state index in [-0.39, 0.29) is 5.91 Å². The Bertz CT molecular complexity index is 825. The first-order valence-corrected chi connectivity index (χ1v) is 8.18. The lowest BCUT2D eigenvalue weighted by Crippen LogP contribution is -2.21. The van der Waals surface area contributed by atoms with E-state index in [4.69, 9.17) is 11.6 Å². The van der Waals surface area contributed by atoms with Gasteiger partial charge < -0.3 is 5.32 Å². The number of hydrogen-bond donors (Lipinski definition) is 1. The Hall–Kier alpha value is -2.59. The summed E-state index contributed by atoms with van der Waals surface area (Å²) in [6, 6.07) is 15.1. The second-order valence-corrected chi connectivity index (χ2v) is 5.93. The van der Waals surface area contributed by atoms with Gasteiger partial charge in [-0.3, -0.25) is 4.79 Å². The highest BCUT2D eigenvalue weighted by molar-refractivity contribution is 6.31. The molecule has 122 valence electrons. The summed E-state index contributed by atoms with van der Waals surface area (Å²) >= 11 is 5.90. The zero-order chi connectivity index (χ0) is 17.1. The van der Waals surface area contributed by atoms with Crippen molar-refractivity contribution in [2.24, 2.45) is 5.10 Å². The fourth-order valence-corrected chi connectivity index (χ4v) is 2.69. The molecule has 4 nitrogen and oxygen atoms in total. The molecule has 2 aromatic carbocycles. The number of rotatable bonds is 4. The first-order chi connectivity index (χ1) is 11.6. The number of anilines is 2. The summed E-state index contributed by atoms with van der Waals surface area (Å²) in [7, 11) is 0. The van der Waals surface area contributed by atoms with Crippen LogP contribution in [0.15, 0.2) is 65.4 Å². The molecule has 1 aliphatic rings. The maximum Gasteiger partial charge on any atom is 0.282 e. The Morgan fingerprint density at radius 1 is 1.17 bits per heavy atom. The number of amides is 1. The van der Waals surface area contributed by atoms with Crippen molar-refractivity contribution in [3.63, 3.8) is 0 Å². The summed E-state index contributed by atoms with van der Waals surface area (Å²) in [5, 5.41) is 9.61. The number of para-hydroxylation sites is 1. The molecule has 0 unspecified atom stereocenters. The average molecular weight is 340 g/mol. The number of aryl methyl sites for hydroxylation is 1. The van der Waals surface area contributed by atoms with Crippen LogP contribution in [-0.2, 0) is 11.2 Å². The third-order valence-corrected chi connectivity index (χ3v) is 4.16. The van der Waals surface area contributed by atoms with Gasteiger partial charge in [0.15, 0.2) is 0 Å². The topological polar surface area (TPSA) is 44.7 Å². The molecule has 0 bridgehead atoms. The third-order valence-electron chi connectivity index (χ3n) is 3.90. The number of hydrazone groups is 1. The van der Waals surface area contributed by atoms with Gasteiger partial charge in [0.1, 0.15) is 0 Å². The second kappa shape index (κ2) is 6.89. The van der Waals surface area contributed by atoms with Gasteiger partial charge in [0.05, 0.1) is 17.0 Å². The number of nitrogens with zero attached hydrogens (tertiary/aromatic N) is 2. The van der Waals surface area contributed by atoms with Gasteiger partial charge in [0.25, 0.3) is 5.91 Å². The van der Waals surface area contributed by atoms with Crippen LogP contribution in [0.4, 0.5) is 11.4 Å². The Morgan fingerprint density at radius 2 is 1.88 bits per heavy atom. The van der Waals surface area contributed by atoms with Crippen LogP contribution in [0.3, 0.4) is 0 Å². The molecule has 0 saturated heterocycles. The molecule has 0 radical (unpaired) electrons. The fourth-order valence-electron chi connectivity index (χ4n) is 2.56. The molecule has 1 amide bonds. The minimum Gasteiger partial charge on any atom is -0.361 e. The summed E-state index contributed by atoms with van der Waals surface area (Å²) < 4.78 is 0. The molecular weight excluding hydrogens is 322 g/mol. The lowest BCUT2D eigenvalue weighted by molar-refractivity contribution is -0.114. The number of carbonyl (C=O) groups is 1. The average Bonchev–Trinajstić information content (AvgIpc) is 2.88. The van der Waals surface area contributed by atoms with Crippen LogP contribution in [0, 0.1) is 0 Å². The standard InChI is InChI=1S/C19H18ClN3O/c1-3-14-6-4-5-7-18(14)21-12-17-13(2)22-23(19(17)24)16-10-8-15(20)9-11-16/h4-12,21H,3H2,1-2H3/b17-12-. The van der Waals surface area contributed by atoms with E-state index >= 15 is 0 Å². The molecule has 24 heavy (non-hydrogen) atoms. The fraction of sp³-hybridized carbons (Fsp3) is 0.158. The van der Waals surface area contributed by atoms with Gasteiger partial charge in [-0.15, -0.1) is 0 Å². The molecule has 0 atom stereocenters. The van der Waals surface area contributed by atoms with E-state index in [0.29, 0.717) is 22.0 Å². The minimum absolute atomic E-state index is 0.156. The Morgan fingerprint density at radius 3 is 2.58 bits per heavy atom. The summed E-state index contributed by atoms with van der Waals surface area (Å²) in [6.07, 6.45) is 2.65. The van der Waals surface area contributed by atoms with Crippen molar-refractivity contribution in [3.8, 4) is 0 Å². The van der Waals surface area contributed by atoms with Gasteiger partial charge in [0, 0.05) is 16.9 Å². The summed E-state index contributed by atoms with van der Waals surface area (Å²) in [6.45, 7) is 3.93. The smallest absolute Gasteiger partial charge is 0.282 e. The number of carbonyl (C=O) groups excluding carboxylic acids is 1. The first kappa shape index (κ1) is 16.3. The van der Waals surface area contributed by atoms with Crippen molar-refractivity contribution >= 4 is 34.6 Å². The molecule has 0 fully saturated rings. The molecule has 0 aliphatic carbocycles. The summed E-state index contributed by atoms with van der Waals surface area (Å²) in [4.78, 5) is 12.6. The van der Waals surface area contributed by atoms with Crippen LogP contribution in [-0.4, -0.2) is 11.6 Å². The highest BCUT2D eigenvalue weighted by Gasteiger charge is 2.28. The van der Waals surface area contributed by atoms with Gasteiger partial charge in [-0.05, 0) is 49.2 Å². The number of benzene rings is 2. The minimum atomic E-state index is -0.156. The highest BCUT2D eigenvalue weighted by atomic mass is 35.5. The van der Waals surface area contributed by atoms with Crippen molar-refractivity contribution in [1.29, 1.82) is 0 Å². The van der Waals surface area contributed by atoms with Crippen LogP contribution in [0.2, 0.25) is 5.02 Å². The predicted molar refractivity (Wildman–Crippen MR) is 99.6 cm³/mol. The lowest BCUT2D eigenvalue weighted by atomic mass is 10.1. The first-order valence-electron chi connectivity index (χ1n) is 7.80. The predicted octanol–water partition coefficient (Wildman–Crippen LogP) is 4.62. The van der Waals surface area contributed by atoms with Crippen molar-refractivity contribution in [1.82, 2.24) is 0 Å². The zero-order valence-electron chi connectivity index (χ0n) is 13.6. The molecule has 1 heterocycles. The molecule has 1 aliphatic heterocycles. The second-order valence-electron chi connectivity index (χ2n) is 5.49. The van der Waals surface area contributed by atoms with Crippen molar-refractivity contribution in [2.75, 3.05) is 10.3 Å². The monoisotopic (exact) mass is 339 g/mol. The van der Waals surface area contributed by atoms with Crippen molar-refractivity contribution in [2.45, 2.75) is 20.3 Å². The van der Waals surface area contributed by atoms with Crippen LogP contribution in [0.1, 0.15) is 19.4 Å². The molecule has 5 heteroatoms. The van der Waals surface area contributed by atoms with E-state index in [9.17, 15) is 4.79 Å². The van der Waals surface area contributed by atoms with Crippen LogP contribution in [0.25, 0.3) is 0 Å². The van der Waals surface area contributed by atoms with Gasteiger partial charge in [-0.25, -0.2) is 0 Å². The SMILES string of the molecule is CCc1ccccc1N/C=C1\C(=O)N(c2ccc(Cl)cc2)N=C1C. The Labute approximate surface area is 146 Å². The van der Waals surface area contributed by atoms with Crippen LogP contribution >= 0.6 is 11.6 Å². The highest BCUT2D eigenvalue weighted by Crippen LogP contribution is 2.25.